The maximum Gasteiger partial charge on any atom is 0.261 e. The number of sulfonamides is 1. The van der Waals surface area contributed by atoms with Crippen molar-refractivity contribution in [3.63, 3.8) is 0 Å². The van der Waals surface area contributed by atoms with Gasteiger partial charge in [-0.25, -0.2) is 13.4 Å². The van der Waals surface area contributed by atoms with Crippen LogP contribution in [0.3, 0.4) is 0 Å². The van der Waals surface area contributed by atoms with Gasteiger partial charge >= 0.3 is 0 Å². The van der Waals surface area contributed by atoms with Crippen LogP contribution in [-0.2, 0) is 26.9 Å². The van der Waals surface area contributed by atoms with Crippen LogP contribution in [0.1, 0.15) is 11.1 Å². The zero-order valence-electron chi connectivity index (χ0n) is 13.6. The summed E-state index contributed by atoms with van der Waals surface area (Å²) >= 11 is 7.31. The summed E-state index contributed by atoms with van der Waals surface area (Å²) in [6, 6.07) is 11.4. The fraction of sp³-hybridized carbons (Fsp3) is 0.235. The average Bonchev–Trinajstić information content (AvgIpc) is 2.97. The van der Waals surface area contributed by atoms with Crippen LogP contribution >= 0.6 is 23.4 Å². The molecule has 3 N–H and O–H groups in total. The molecule has 2 aromatic rings. The number of nitrogens with zero attached hydrogens (tertiary/aromatic N) is 1. The van der Waals surface area contributed by atoms with Crippen molar-refractivity contribution in [2.24, 2.45) is 10.7 Å². The number of halogens is 1. The van der Waals surface area contributed by atoms with E-state index in [1.165, 1.54) is 23.9 Å². The summed E-state index contributed by atoms with van der Waals surface area (Å²) in [4.78, 5) is 4.72. The highest BCUT2D eigenvalue weighted by Gasteiger charge is 2.41. The molecule has 6 nitrogen and oxygen atoms in total. The lowest BCUT2D eigenvalue weighted by atomic mass is 9.87. The van der Waals surface area contributed by atoms with E-state index in [-0.39, 0.29) is 4.90 Å². The molecule has 0 amide bonds. The number of rotatable bonds is 3. The quantitative estimate of drug-likeness (QED) is 0.812. The Morgan fingerprint density at radius 3 is 2.69 bits per heavy atom. The largest absolute Gasteiger partial charge is 0.379 e. The maximum atomic E-state index is 12.6. The molecule has 0 fully saturated rings. The summed E-state index contributed by atoms with van der Waals surface area (Å²) in [6.45, 7) is 0.905. The number of fused-ring (bicyclic) bond motifs is 2. The number of aliphatic imine (C=N–C) groups is 1. The lowest BCUT2D eigenvalue weighted by Gasteiger charge is -2.32. The van der Waals surface area contributed by atoms with Crippen LogP contribution in [0.5, 0.6) is 0 Å². The van der Waals surface area contributed by atoms with Crippen molar-refractivity contribution in [3.8, 4) is 0 Å². The standard InChI is InChI=1S/C17H16ClN3O3S2/c18-12-2-5-14(6-3-12)26(22,23)21-13-4-1-11-8-24-9-17(15(11)7-13)10-25-16(19)20-17/h1-7,21H,8-10H2,(H2,19,20). The van der Waals surface area contributed by atoms with Crippen molar-refractivity contribution in [2.75, 3.05) is 17.1 Å². The fourth-order valence-corrected chi connectivity index (χ4v) is 5.22. The highest BCUT2D eigenvalue weighted by atomic mass is 35.5. The van der Waals surface area contributed by atoms with E-state index in [2.05, 4.69) is 9.71 Å². The smallest absolute Gasteiger partial charge is 0.261 e. The molecular formula is C17H16ClN3O3S2. The molecular weight excluding hydrogens is 394 g/mol. The van der Waals surface area contributed by atoms with Crippen molar-refractivity contribution in [1.29, 1.82) is 0 Å². The minimum Gasteiger partial charge on any atom is -0.379 e. The Kier molecular flexibility index (Phi) is 4.38. The molecule has 4 rings (SSSR count). The minimum absolute atomic E-state index is 0.149. The predicted molar refractivity (Wildman–Crippen MR) is 104 cm³/mol. The van der Waals surface area contributed by atoms with Crippen molar-refractivity contribution < 1.29 is 13.2 Å². The normalized spacial score (nSPS) is 22.1. The summed E-state index contributed by atoms with van der Waals surface area (Å²) in [5, 5.41) is 1.00. The molecule has 1 unspecified atom stereocenters. The number of hydrogen-bond acceptors (Lipinski definition) is 6. The molecule has 0 radical (unpaired) electrons. The highest BCUT2D eigenvalue weighted by Crippen LogP contribution is 2.42. The number of thioether (sulfide) groups is 1. The van der Waals surface area contributed by atoms with Crippen LogP contribution in [0.15, 0.2) is 52.4 Å². The van der Waals surface area contributed by atoms with Gasteiger partial charge in [0.15, 0.2) is 5.17 Å². The van der Waals surface area contributed by atoms with Gasteiger partial charge in [0.1, 0.15) is 5.54 Å². The minimum atomic E-state index is -3.71. The first kappa shape index (κ1) is 17.7. The van der Waals surface area contributed by atoms with Gasteiger partial charge in [-0.2, -0.15) is 0 Å². The molecule has 2 heterocycles. The van der Waals surface area contributed by atoms with Crippen molar-refractivity contribution >= 4 is 44.2 Å². The van der Waals surface area contributed by atoms with Crippen molar-refractivity contribution in [1.82, 2.24) is 0 Å². The van der Waals surface area contributed by atoms with E-state index in [1.54, 1.807) is 18.2 Å². The Morgan fingerprint density at radius 1 is 1.23 bits per heavy atom. The average molecular weight is 410 g/mol. The molecule has 26 heavy (non-hydrogen) atoms. The van der Waals surface area contributed by atoms with Gasteiger partial charge in [-0.05, 0) is 47.5 Å². The molecule has 9 heteroatoms. The Morgan fingerprint density at radius 2 is 2.00 bits per heavy atom. The summed E-state index contributed by atoms with van der Waals surface area (Å²) in [6.07, 6.45) is 0. The van der Waals surface area contributed by atoms with Gasteiger partial charge in [0.05, 0.1) is 18.1 Å². The van der Waals surface area contributed by atoms with Gasteiger partial charge in [-0.1, -0.05) is 29.4 Å². The van der Waals surface area contributed by atoms with Gasteiger partial charge in [0, 0.05) is 16.5 Å². The Balaban J connectivity index is 1.69. The summed E-state index contributed by atoms with van der Waals surface area (Å²) in [5.41, 5.74) is 7.73. The Hall–Kier alpha value is -1.74. The van der Waals surface area contributed by atoms with E-state index < -0.39 is 15.6 Å². The zero-order valence-corrected chi connectivity index (χ0v) is 16.0. The van der Waals surface area contributed by atoms with Gasteiger partial charge < -0.3 is 10.5 Å². The number of amidine groups is 1. The van der Waals surface area contributed by atoms with Crippen LogP contribution in [0.25, 0.3) is 0 Å². The number of nitrogens with one attached hydrogen (secondary N) is 1. The van der Waals surface area contributed by atoms with E-state index in [9.17, 15) is 8.42 Å². The third-order valence-corrected chi connectivity index (χ3v) is 7.03. The Bertz CT molecular complexity index is 993. The number of nitrogens with two attached hydrogens (primary N) is 1. The van der Waals surface area contributed by atoms with Crippen LogP contribution < -0.4 is 10.5 Å². The second-order valence-electron chi connectivity index (χ2n) is 6.19. The molecule has 2 aliphatic rings. The first-order valence-electron chi connectivity index (χ1n) is 7.86. The van der Waals surface area contributed by atoms with E-state index in [0.717, 1.165) is 11.1 Å². The van der Waals surface area contributed by atoms with Crippen molar-refractivity contribution in [3.05, 3.63) is 58.6 Å². The molecule has 0 saturated carbocycles. The molecule has 1 spiro atoms. The maximum absolute atomic E-state index is 12.6. The number of benzene rings is 2. The predicted octanol–water partition coefficient (Wildman–Crippen LogP) is 2.93. The highest BCUT2D eigenvalue weighted by molar-refractivity contribution is 8.14. The fourth-order valence-electron chi connectivity index (χ4n) is 3.12. The Labute approximate surface area is 160 Å². The summed E-state index contributed by atoms with van der Waals surface area (Å²) < 4.78 is 33.5. The molecule has 0 bridgehead atoms. The molecule has 1 atom stereocenters. The molecule has 136 valence electrons. The SMILES string of the molecule is NC1=NC2(COCc3ccc(NS(=O)(=O)c4ccc(Cl)cc4)cc32)CS1. The summed E-state index contributed by atoms with van der Waals surface area (Å²) in [7, 11) is -3.71. The van der Waals surface area contributed by atoms with Crippen LogP contribution in [0, 0.1) is 0 Å². The van der Waals surface area contributed by atoms with Gasteiger partial charge in [-0.15, -0.1) is 0 Å². The number of hydrogen-bond donors (Lipinski definition) is 2. The van der Waals surface area contributed by atoms with E-state index in [4.69, 9.17) is 22.1 Å². The van der Waals surface area contributed by atoms with Crippen LogP contribution in [0.4, 0.5) is 5.69 Å². The van der Waals surface area contributed by atoms with Gasteiger partial charge in [0.2, 0.25) is 0 Å². The third kappa shape index (κ3) is 3.18. The molecule has 0 aromatic heterocycles. The molecule has 0 saturated heterocycles. The van der Waals surface area contributed by atoms with E-state index in [0.29, 0.717) is 34.8 Å². The van der Waals surface area contributed by atoms with Gasteiger partial charge in [-0.3, -0.25) is 4.72 Å². The second kappa shape index (κ2) is 6.45. The topological polar surface area (TPSA) is 93.8 Å². The van der Waals surface area contributed by atoms with E-state index in [1.807, 2.05) is 12.1 Å². The second-order valence-corrected chi connectivity index (χ2v) is 9.31. The van der Waals surface area contributed by atoms with Crippen molar-refractivity contribution in [2.45, 2.75) is 17.0 Å². The lowest BCUT2D eigenvalue weighted by Crippen LogP contribution is -2.35. The first-order chi connectivity index (χ1) is 12.4. The molecule has 0 aliphatic carbocycles. The lowest BCUT2D eigenvalue weighted by molar-refractivity contribution is 0.0634. The monoisotopic (exact) mass is 409 g/mol. The number of ether oxygens (including phenoxy) is 1. The summed E-state index contributed by atoms with van der Waals surface area (Å²) in [5.74, 6) is 0.680. The van der Waals surface area contributed by atoms with Gasteiger partial charge in [0.25, 0.3) is 10.0 Å². The molecule has 2 aliphatic heterocycles. The zero-order chi connectivity index (χ0) is 18.4. The first-order valence-corrected chi connectivity index (χ1v) is 10.7. The third-order valence-electron chi connectivity index (χ3n) is 4.37. The van der Waals surface area contributed by atoms with Crippen LogP contribution in [0.2, 0.25) is 5.02 Å². The molecule has 2 aromatic carbocycles. The number of anilines is 1. The van der Waals surface area contributed by atoms with Crippen LogP contribution in [-0.4, -0.2) is 25.9 Å². The van der Waals surface area contributed by atoms with E-state index >= 15 is 0 Å².